The summed E-state index contributed by atoms with van der Waals surface area (Å²) in [7, 11) is 2.08. The van der Waals surface area contributed by atoms with Crippen LogP contribution in [0, 0.1) is 5.92 Å². The lowest BCUT2D eigenvalue weighted by Crippen LogP contribution is -2.34. The second-order valence-corrected chi connectivity index (χ2v) is 4.31. The van der Waals surface area contributed by atoms with Gasteiger partial charge in [-0.1, -0.05) is 56.2 Å². The van der Waals surface area contributed by atoms with Gasteiger partial charge in [-0.3, -0.25) is 0 Å². The monoisotopic (exact) mass is 205 g/mol. The summed E-state index contributed by atoms with van der Waals surface area (Å²) >= 11 is 0. The van der Waals surface area contributed by atoms with Crippen LogP contribution in [-0.4, -0.2) is 13.1 Å². The first-order valence-electron chi connectivity index (χ1n) is 6.02. The van der Waals surface area contributed by atoms with Crippen molar-refractivity contribution < 1.29 is 0 Å². The molecule has 1 N–H and O–H groups in total. The Morgan fingerprint density at radius 1 is 0.867 bits per heavy atom. The lowest BCUT2D eigenvalue weighted by molar-refractivity contribution is 0.294. The minimum Gasteiger partial charge on any atom is -0.317 e. The van der Waals surface area contributed by atoms with E-state index in [0.717, 1.165) is 12.0 Å². The van der Waals surface area contributed by atoms with Gasteiger partial charge in [-0.05, 0) is 25.8 Å². The molecule has 1 aliphatic carbocycles. The van der Waals surface area contributed by atoms with Crippen LogP contribution in [0.3, 0.4) is 0 Å². The lowest BCUT2D eigenvalue weighted by atomic mass is 9.86. The molecule has 84 valence electrons. The highest BCUT2D eigenvalue weighted by Gasteiger charge is 2.18. The van der Waals surface area contributed by atoms with Crippen molar-refractivity contribution in [3.63, 3.8) is 0 Å². The maximum Gasteiger partial charge on any atom is 0.00896 e. The second-order valence-electron chi connectivity index (χ2n) is 4.31. The third-order valence-electron chi connectivity index (χ3n) is 3.15. The number of hydrogen-bond donors (Lipinski definition) is 1. The SMILES string of the molecule is CNC1CCCCC1C.c1ccccc1. The van der Waals surface area contributed by atoms with Crippen molar-refractivity contribution in [2.45, 2.75) is 38.6 Å². The Kier molecular flexibility index (Phi) is 6.10. The van der Waals surface area contributed by atoms with Gasteiger partial charge >= 0.3 is 0 Å². The Labute approximate surface area is 93.9 Å². The average Bonchev–Trinajstić information content (AvgIpc) is 2.33. The van der Waals surface area contributed by atoms with E-state index in [2.05, 4.69) is 19.3 Å². The van der Waals surface area contributed by atoms with Gasteiger partial charge in [-0.25, -0.2) is 0 Å². The molecular formula is C14H23N. The molecule has 1 aliphatic rings. The van der Waals surface area contributed by atoms with E-state index in [0.29, 0.717) is 0 Å². The molecule has 0 spiro atoms. The summed E-state index contributed by atoms with van der Waals surface area (Å²) in [5, 5.41) is 3.35. The van der Waals surface area contributed by atoms with Crippen molar-refractivity contribution in [3.8, 4) is 0 Å². The molecule has 1 fully saturated rings. The molecule has 0 aromatic heterocycles. The van der Waals surface area contributed by atoms with E-state index in [1.54, 1.807) is 0 Å². The Bertz CT molecular complexity index is 206. The van der Waals surface area contributed by atoms with Gasteiger partial charge in [0.2, 0.25) is 0 Å². The molecule has 1 heteroatoms. The van der Waals surface area contributed by atoms with Gasteiger partial charge in [0.25, 0.3) is 0 Å². The van der Waals surface area contributed by atoms with Crippen LogP contribution in [0.5, 0.6) is 0 Å². The topological polar surface area (TPSA) is 12.0 Å². The summed E-state index contributed by atoms with van der Waals surface area (Å²) in [5.74, 6) is 0.906. The highest BCUT2D eigenvalue weighted by Crippen LogP contribution is 2.22. The maximum absolute atomic E-state index is 3.35. The number of rotatable bonds is 1. The van der Waals surface area contributed by atoms with Crippen LogP contribution in [0.2, 0.25) is 0 Å². The average molecular weight is 205 g/mol. The highest BCUT2D eigenvalue weighted by atomic mass is 14.9. The third-order valence-corrected chi connectivity index (χ3v) is 3.15. The van der Waals surface area contributed by atoms with Gasteiger partial charge in [-0.15, -0.1) is 0 Å². The van der Waals surface area contributed by atoms with Crippen molar-refractivity contribution in [3.05, 3.63) is 36.4 Å². The highest BCUT2D eigenvalue weighted by molar-refractivity contribution is 4.99. The second kappa shape index (κ2) is 7.47. The van der Waals surface area contributed by atoms with E-state index < -0.39 is 0 Å². The molecule has 0 bridgehead atoms. The smallest absolute Gasteiger partial charge is 0.00896 e. The summed E-state index contributed by atoms with van der Waals surface area (Å²) in [6.07, 6.45) is 5.68. The molecule has 2 rings (SSSR count). The van der Waals surface area contributed by atoms with E-state index in [9.17, 15) is 0 Å². The molecule has 0 heterocycles. The molecule has 0 amide bonds. The summed E-state index contributed by atoms with van der Waals surface area (Å²) in [5.41, 5.74) is 0. The minimum absolute atomic E-state index is 0.804. The van der Waals surface area contributed by atoms with Gasteiger partial charge in [0.05, 0.1) is 0 Å². The molecule has 0 radical (unpaired) electrons. The standard InChI is InChI=1S/C8H17N.C6H6/c1-7-5-3-4-6-8(7)9-2;1-2-4-6-5-3-1/h7-9H,3-6H2,1-2H3;1-6H. The quantitative estimate of drug-likeness (QED) is 0.740. The zero-order valence-electron chi connectivity index (χ0n) is 9.95. The number of benzene rings is 1. The predicted molar refractivity (Wildman–Crippen MR) is 66.9 cm³/mol. The molecule has 2 atom stereocenters. The van der Waals surface area contributed by atoms with Crippen molar-refractivity contribution >= 4 is 0 Å². The van der Waals surface area contributed by atoms with Crippen LogP contribution >= 0.6 is 0 Å². The molecule has 0 aliphatic heterocycles. The molecule has 0 saturated heterocycles. The normalized spacial score (nSPS) is 25.2. The zero-order chi connectivity index (χ0) is 10.9. The van der Waals surface area contributed by atoms with Crippen LogP contribution in [0.4, 0.5) is 0 Å². The first-order valence-corrected chi connectivity index (χ1v) is 6.02. The van der Waals surface area contributed by atoms with Crippen molar-refractivity contribution in [2.75, 3.05) is 7.05 Å². The Balaban J connectivity index is 0.000000162. The summed E-state index contributed by atoms with van der Waals surface area (Å²) < 4.78 is 0. The Hall–Kier alpha value is -0.820. The third kappa shape index (κ3) is 4.98. The molecular weight excluding hydrogens is 182 g/mol. The van der Waals surface area contributed by atoms with E-state index in [-0.39, 0.29) is 0 Å². The first-order chi connectivity index (χ1) is 7.34. The van der Waals surface area contributed by atoms with Gasteiger partial charge in [0, 0.05) is 6.04 Å². The maximum atomic E-state index is 3.35. The van der Waals surface area contributed by atoms with Gasteiger partial charge in [0.15, 0.2) is 0 Å². The van der Waals surface area contributed by atoms with Gasteiger partial charge in [0.1, 0.15) is 0 Å². The fraction of sp³-hybridized carbons (Fsp3) is 0.571. The van der Waals surface area contributed by atoms with Gasteiger partial charge < -0.3 is 5.32 Å². The van der Waals surface area contributed by atoms with E-state index in [1.807, 2.05) is 36.4 Å². The zero-order valence-corrected chi connectivity index (χ0v) is 9.95. The summed E-state index contributed by atoms with van der Waals surface area (Å²) in [6.45, 7) is 2.35. The number of nitrogens with one attached hydrogen (secondary N) is 1. The van der Waals surface area contributed by atoms with Gasteiger partial charge in [-0.2, -0.15) is 0 Å². The van der Waals surface area contributed by atoms with Crippen molar-refractivity contribution in [2.24, 2.45) is 5.92 Å². The largest absolute Gasteiger partial charge is 0.317 e. The minimum atomic E-state index is 0.804. The Morgan fingerprint density at radius 2 is 1.33 bits per heavy atom. The lowest BCUT2D eigenvalue weighted by Gasteiger charge is -2.27. The molecule has 1 aromatic carbocycles. The van der Waals surface area contributed by atoms with Crippen LogP contribution in [0.25, 0.3) is 0 Å². The Morgan fingerprint density at radius 3 is 1.67 bits per heavy atom. The van der Waals surface area contributed by atoms with Crippen LogP contribution < -0.4 is 5.32 Å². The summed E-state index contributed by atoms with van der Waals surface area (Å²) in [4.78, 5) is 0. The predicted octanol–water partition coefficient (Wildman–Crippen LogP) is 3.47. The van der Waals surface area contributed by atoms with Crippen molar-refractivity contribution in [1.82, 2.24) is 5.32 Å². The molecule has 2 unspecified atom stereocenters. The number of hydrogen-bond acceptors (Lipinski definition) is 1. The first kappa shape index (κ1) is 12.3. The molecule has 1 nitrogen and oxygen atoms in total. The van der Waals surface area contributed by atoms with E-state index >= 15 is 0 Å². The van der Waals surface area contributed by atoms with Crippen LogP contribution in [0.1, 0.15) is 32.6 Å². The summed E-state index contributed by atoms with van der Waals surface area (Å²) in [6, 6.07) is 12.8. The van der Waals surface area contributed by atoms with Crippen LogP contribution in [-0.2, 0) is 0 Å². The fourth-order valence-corrected chi connectivity index (χ4v) is 2.13. The van der Waals surface area contributed by atoms with E-state index in [4.69, 9.17) is 0 Å². The van der Waals surface area contributed by atoms with Crippen LogP contribution in [0.15, 0.2) is 36.4 Å². The van der Waals surface area contributed by atoms with E-state index in [1.165, 1.54) is 25.7 Å². The molecule has 15 heavy (non-hydrogen) atoms. The molecule has 1 aromatic rings. The van der Waals surface area contributed by atoms with Crippen molar-refractivity contribution in [1.29, 1.82) is 0 Å². The molecule has 1 saturated carbocycles. The fourth-order valence-electron chi connectivity index (χ4n) is 2.13.